The number of fused-ring (bicyclic) bond motifs is 1. The van der Waals surface area contributed by atoms with Crippen LogP contribution in [0, 0.1) is 11.3 Å². The van der Waals surface area contributed by atoms with Crippen molar-refractivity contribution < 1.29 is 4.79 Å². The highest BCUT2D eigenvalue weighted by Crippen LogP contribution is 2.38. The maximum Gasteiger partial charge on any atom is 0.269 e. The highest BCUT2D eigenvalue weighted by atomic mass is 32.2. The molecule has 2 aromatic rings. The van der Waals surface area contributed by atoms with Crippen LogP contribution in [0.1, 0.15) is 22.8 Å². The summed E-state index contributed by atoms with van der Waals surface area (Å²) in [5.74, 6) is -0.303. The second kappa shape index (κ2) is 6.79. The van der Waals surface area contributed by atoms with Gasteiger partial charge in [-0.25, -0.2) is 4.99 Å². The molecular formula is C19H15N3OS2. The summed E-state index contributed by atoms with van der Waals surface area (Å²) in [5.41, 5.74) is 1.09. The van der Waals surface area contributed by atoms with E-state index in [-0.39, 0.29) is 5.91 Å². The van der Waals surface area contributed by atoms with E-state index in [2.05, 4.69) is 11.1 Å². The summed E-state index contributed by atoms with van der Waals surface area (Å²) < 4.78 is 0.341. The van der Waals surface area contributed by atoms with Gasteiger partial charge in [-0.2, -0.15) is 5.26 Å². The Morgan fingerprint density at radius 1 is 1.20 bits per heavy atom. The standard InChI is InChI=1S/C19H15N3OS2/c1-13-15-10-6-7-11-16(15)22(17(23)14-8-4-3-5-9-14)19(12-20,21-13)18(24)25-2/h3-11H,1-2H3. The van der Waals surface area contributed by atoms with Crippen LogP contribution in [0.25, 0.3) is 0 Å². The summed E-state index contributed by atoms with van der Waals surface area (Å²) in [7, 11) is 0. The molecule has 0 fully saturated rings. The largest absolute Gasteiger partial charge is 0.269 e. The van der Waals surface area contributed by atoms with E-state index in [1.54, 1.807) is 30.5 Å². The first-order valence-corrected chi connectivity index (χ1v) is 9.23. The van der Waals surface area contributed by atoms with E-state index in [1.165, 1.54) is 16.7 Å². The van der Waals surface area contributed by atoms with Crippen LogP contribution in [-0.2, 0) is 0 Å². The van der Waals surface area contributed by atoms with Gasteiger partial charge in [-0.15, -0.1) is 11.8 Å². The van der Waals surface area contributed by atoms with Crippen LogP contribution < -0.4 is 4.90 Å². The minimum absolute atomic E-state index is 0.303. The first-order valence-electron chi connectivity index (χ1n) is 7.60. The van der Waals surface area contributed by atoms with Crippen molar-refractivity contribution in [2.24, 2.45) is 4.99 Å². The van der Waals surface area contributed by atoms with Crippen molar-refractivity contribution in [2.45, 2.75) is 12.6 Å². The summed E-state index contributed by atoms with van der Waals surface area (Å²) in [6.45, 7) is 1.83. The number of nitrogens with zero attached hydrogens (tertiary/aromatic N) is 3. The zero-order valence-corrected chi connectivity index (χ0v) is 15.4. The lowest BCUT2D eigenvalue weighted by molar-refractivity contribution is 0.0976. The molecule has 1 aliphatic heterocycles. The molecule has 0 N–H and O–H groups in total. The van der Waals surface area contributed by atoms with Crippen LogP contribution in [-0.4, -0.2) is 27.7 Å². The fraction of sp³-hybridized carbons (Fsp3) is 0.158. The van der Waals surface area contributed by atoms with Crippen molar-refractivity contribution >= 4 is 45.5 Å². The highest BCUT2D eigenvalue weighted by Gasteiger charge is 2.48. The summed E-state index contributed by atoms with van der Waals surface area (Å²) in [6.07, 6.45) is 1.79. The number of thioether (sulfide) groups is 1. The molecule has 0 saturated heterocycles. The topological polar surface area (TPSA) is 56.5 Å². The van der Waals surface area contributed by atoms with Crippen molar-refractivity contribution in [1.29, 1.82) is 5.26 Å². The Kier molecular flexibility index (Phi) is 4.71. The Balaban J connectivity index is 2.28. The predicted octanol–water partition coefficient (Wildman–Crippen LogP) is 4.07. The van der Waals surface area contributed by atoms with Gasteiger partial charge in [0.25, 0.3) is 11.6 Å². The number of anilines is 1. The molecule has 6 heteroatoms. The molecule has 2 aromatic carbocycles. The minimum atomic E-state index is -1.54. The van der Waals surface area contributed by atoms with Crippen molar-refractivity contribution in [3.63, 3.8) is 0 Å². The molecule has 1 aliphatic rings. The van der Waals surface area contributed by atoms with E-state index in [0.29, 0.717) is 21.2 Å². The molecular weight excluding hydrogens is 350 g/mol. The molecule has 0 aromatic heterocycles. The molecule has 0 bridgehead atoms. The van der Waals surface area contributed by atoms with Crippen LogP contribution in [0.3, 0.4) is 0 Å². The van der Waals surface area contributed by atoms with Gasteiger partial charge in [0.1, 0.15) is 10.3 Å². The van der Waals surface area contributed by atoms with Crippen LogP contribution in [0.2, 0.25) is 0 Å². The quantitative estimate of drug-likeness (QED) is 0.753. The number of carbonyl (C=O) groups excluding carboxylic acids is 1. The number of nitriles is 1. The van der Waals surface area contributed by atoms with Gasteiger partial charge in [-0.1, -0.05) is 48.6 Å². The molecule has 0 spiro atoms. The Morgan fingerprint density at radius 2 is 1.84 bits per heavy atom. The monoisotopic (exact) mass is 365 g/mol. The smallest absolute Gasteiger partial charge is 0.269 e. The lowest BCUT2D eigenvalue weighted by Gasteiger charge is -2.40. The molecule has 1 heterocycles. The van der Waals surface area contributed by atoms with E-state index in [0.717, 1.165) is 5.56 Å². The van der Waals surface area contributed by atoms with Crippen molar-refractivity contribution in [1.82, 2.24) is 0 Å². The second-order valence-corrected chi connectivity index (χ2v) is 6.98. The Morgan fingerprint density at radius 3 is 2.48 bits per heavy atom. The first-order chi connectivity index (χ1) is 12.0. The van der Waals surface area contributed by atoms with Crippen LogP contribution in [0.15, 0.2) is 59.6 Å². The van der Waals surface area contributed by atoms with Crippen molar-refractivity contribution in [2.75, 3.05) is 11.2 Å². The van der Waals surface area contributed by atoms with Gasteiger partial charge in [0.05, 0.1) is 5.69 Å². The Hall–Kier alpha value is -2.49. The normalized spacial score (nSPS) is 18.8. The third-order valence-electron chi connectivity index (χ3n) is 4.04. The molecule has 1 atom stereocenters. The summed E-state index contributed by atoms with van der Waals surface area (Å²) in [4.78, 5) is 19.3. The Labute approximate surface area is 156 Å². The van der Waals surface area contributed by atoms with Crippen LogP contribution in [0.5, 0.6) is 0 Å². The van der Waals surface area contributed by atoms with Gasteiger partial charge in [0.15, 0.2) is 0 Å². The number of para-hydroxylation sites is 1. The number of amides is 1. The number of benzene rings is 2. The number of hydrogen-bond acceptors (Lipinski definition) is 5. The number of thiocarbonyl (C=S) groups is 1. The first kappa shape index (κ1) is 17.3. The number of rotatable bonds is 2. The second-order valence-electron chi connectivity index (χ2n) is 5.50. The van der Waals surface area contributed by atoms with Crippen LogP contribution >= 0.6 is 24.0 Å². The zero-order valence-electron chi connectivity index (χ0n) is 13.8. The fourth-order valence-electron chi connectivity index (χ4n) is 2.87. The molecule has 4 nitrogen and oxygen atoms in total. The third-order valence-corrected chi connectivity index (χ3v) is 5.48. The van der Waals surface area contributed by atoms with Gasteiger partial charge in [0, 0.05) is 16.8 Å². The number of carbonyl (C=O) groups is 1. The Bertz CT molecular complexity index is 918. The third kappa shape index (κ3) is 2.76. The highest BCUT2D eigenvalue weighted by molar-refractivity contribution is 8.23. The van der Waals surface area contributed by atoms with Gasteiger partial charge in [0.2, 0.25) is 0 Å². The summed E-state index contributed by atoms with van der Waals surface area (Å²) in [6, 6.07) is 18.5. The predicted molar refractivity (Wildman–Crippen MR) is 106 cm³/mol. The fourth-order valence-corrected chi connectivity index (χ4v) is 3.52. The van der Waals surface area contributed by atoms with E-state index in [9.17, 15) is 10.1 Å². The number of aliphatic imine (C=N–C) groups is 1. The molecule has 3 rings (SSSR count). The zero-order chi connectivity index (χ0) is 18.0. The van der Waals surface area contributed by atoms with E-state index >= 15 is 0 Å². The van der Waals surface area contributed by atoms with Crippen molar-refractivity contribution in [3.8, 4) is 6.07 Å². The average molecular weight is 365 g/mol. The van der Waals surface area contributed by atoms with E-state index in [4.69, 9.17) is 12.2 Å². The maximum absolute atomic E-state index is 13.3. The van der Waals surface area contributed by atoms with Gasteiger partial charge in [-0.05, 0) is 31.4 Å². The molecule has 0 aliphatic carbocycles. The lowest BCUT2D eigenvalue weighted by atomic mass is 9.98. The molecule has 0 saturated carbocycles. The van der Waals surface area contributed by atoms with E-state index < -0.39 is 5.66 Å². The maximum atomic E-state index is 13.3. The molecule has 0 radical (unpaired) electrons. The minimum Gasteiger partial charge on any atom is -0.269 e. The van der Waals surface area contributed by atoms with Gasteiger partial charge >= 0.3 is 0 Å². The van der Waals surface area contributed by atoms with Gasteiger partial charge in [-0.3, -0.25) is 9.69 Å². The molecule has 1 amide bonds. The van der Waals surface area contributed by atoms with Crippen molar-refractivity contribution in [3.05, 3.63) is 65.7 Å². The molecule has 124 valence electrons. The number of hydrogen-bond donors (Lipinski definition) is 0. The van der Waals surface area contributed by atoms with Crippen LogP contribution in [0.4, 0.5) is 5.69 Å². The van der Waals surface area contributed by atoms with Gasteiger partial charge < -0.3 is 0 Å². The average Bonchev–Trinajstić information content (AvgIpc) is 2.67. The van der Waals surface area contributed by atoms with E-state index in [1.807, 2.05) is 37.3 Å². The summed E-state index contributed by atoms with van der Waals surface area (Å²) >= 11 is 6.71. The summed E-state index contributed by atoms with van der Waals surface area (Å²) in [5, 5.41) is 10.0. The lowest BCUT2D eigenvalue weighted by Crippen LogP contribution is -2.56. The molecule has 1 unspecified atom stereocenters. The SMILES string of the molecule is CSC(=S)C1(C#N)N=C(C)c2ccccc2N1C(=O)c1ccccc1. The molecule has 25 heavy (non-hydrogen) atoms.